The highest BCUT2D eigenvalue weighted by atomic mass is 19.1. The predicted octanol–water partition coefficient (Wildman–Crippen LogP) is 2.42. The van der Waals surface area contributed by atoms with E-state index in [-0.39, 0.29) is 18.0 Å². The van der Waals surface area contributed by atoms with Gasteiger partial charge in [0, 0.05) is 6.61 Å². The molecule has 0 spiro atoms. The summed E-state index contributed by atoms with van der Waals surface area (Å²) in [4.78, 5) is 0. The molecule has 0 unspecified atom stereocenters. The Balaban J connectivity index is 2.07. The van der Waals surface area contributed by atoms with Gasteiger partial charge in [0.15, 0.2) is 0 Å². The molecule has 1 aromatic rings. The first-order chi connectivity index (χ1) is 6.77. The highest BCUT2D eigenvalue weighted by Crippen LogP contribution is 2.20. The first-order valence-electron chi connectivity index (χ1n) is 4.90. The zero-order chi connectivity index (χ0) is 9.97. The van der Waals surface area contributed by atoms with Crippen LogP contribution in [-0.2, 0) is 4.74 Å². The maximum absolute atomic E-state index is 13.3. The first kappa shape index (κ1) is 9.46. The fourth-order valence-electron chi connectivity index (χ4n) is 1.70. The van der Waals surface area contributed by atoms with Gasteiger partial charge in [-0.2, -0.15) is 0 Å². The van der Waals surface area contributed by atoms with E-state index in [1.54, 1.807) is 12.1 Å². The summed E-state index contributed by atoms with van der Waals surface area (Å²) in [6, 6.07) is 6.95. The highest BCUT2D eigenvalue weighted by molar-refractivity contribution is 5.45. The molecular formula is C11H14FNO. The smallest absolute Gasteiger partial charge is 0.146 e. The minimum atomic E-state index is -0.202. The number of rotatable bonds is 2. The lowest BCUT2D eigenvalue weighted by molar-refractivity contribution is 0.121. The van der Waals surface area contributed by atoms with E-state index in [4.69, 9.17) is 4.74 Å². The lowest BCUT2D eigenvalue weighted by Crippen LogP contribution is -2.27. The summed E-state index contributed by atoms with van der Waals surface area (Å²) in [7, 11) is 0. The Labute approximate surface area is 83.1 Å². The van der Waals surface area contributed by atoms with Gasteiger partial charge in [0.25, 0.3) is 0 Å². The molecule has 2 nitrogen and oxygen atoms in total. The number of halogens is 1. The molecule has 2 atom stereocenters. The number of benzene rings is 1. The Kier molecular flexibility index (Phi) is 2.68. The van der Waals surface area contributed by atoms with Crippen molar-refractivity contribution in [2.75, 3.05) is 11.9 Å². The van der Waals surface area contributed by atoms with Crippen LogP contribution in [0.4, 0.5) is 10.1 Å². The van der Waals surface area contributed by atoms with Gasteiger partial charge in [-0.05, 0) is 25.5 Å². The number of hydrogen-bond acceptors (Lipinski definition) is 2. The summed E-state index contributed by atoms with van der Waals surface area (Å²) in [5.74, 6) is -0.202. The van der Waals surface area contributed by atoms with E-state index >= 15 is 0 Å². The van der Waals surface area contributed by atoms with Crippen molar-refractivity contribution in [2.24, 2.45) is 0 Å². The Hall–Kier alpha value is -1.09. The second-order valence-corrected chi connectivity index (χ2v) is 3.60. The van der Waals surface area contributed by atoms with Crippen molar-refractivity contribution in [1.29, 1.82) is 0 Å². The van der Waals surface area contributed by atoms with Gasteiger partial charge < -0.3 is 10.1 Å². The lowest BCUT2D eigenvalue weighted by Gasteiger charge is -2.17. The molecule has 1 fully saturated rings. The van der Waals surface area contributed by atoms with Crippen LogP contribution in [0, 0.1) is 5.82 Å². The summed E-state index contributed by atoms with van der Waals surface area (Å²) in [5, 5.41) is 3.16. The Morgan fingerprint density at radius 3 is 2.86 bits per heavy atom. The average Bonchev–Trinajstić information content (AvgIpc) is 2.56. The van der Waals surface area contributed by atoms with E-state index in [0.29, 0.717) is 5.69 Å². The SMILES string of the molecule is C[C@H]1OCC[C@@H]1Nc1ccccc1F. The van der Waals surface area contributed by atoms with Crippen molar-refractivity contribution in [1.82, 2.24) is 0 Å². The first-order valence-corrected chi connectivity index (χ1v) is 4.90. The molecule has 1 heterocycles. The van der Waals surface area contributed by atoms with Crippen molar-refractivity contribution in [3.05, 3.63) is 30.1 Å². The van der Waals surface area contributed by atoms with Crippen molar-refractivity contribution in [3.63, 3.8) is 0 Å². The van der Waals surface area contributed by atoms with Crippen molar-refractivity contribution < 1.29 is 9.13 Å². The van der Waals surface area contributed by atoms with Crippen LogP contribution < -0.4 is 5.32 Å². The molecule has 1 aromatic carbocycles. The molecule has 0 radical (unpaired) electrons. The lowest BCUT2D eigenvalue weighted by atomic mass is 10.1. The van der Waals surface area contributed by atoms with Crippen LogP contribution in [0.1, 0.15) is 13.3 Å². The summed E-state index contributed by atoms with van der Waals surface area (Å²) in [5.41, 5.74) is 0.565. The van der Waals surface area contributed by atoms with E-state index in [1.165, 1.54) is 6.07 Å². The molecule has 1 N–H and O–H groups in total. The second-order valence-electron chi connectivity index (χ2n) is 3.60. The Bertz CT molecular complexity index is 316. The quantitative estimate of drug-likeness (QED) is 0.782. The minimum absolute atomic E-state index is 0.162. The molecule has 0 bridgehead atoms. The number of para-hydroxylation sites is 1. The van der Waals surface area contributed by atoms with Gasteiger partial charge in [-0.3, -0.25) is 0 Å². The van der Waals surface area contributed by atoms with Crippen LogP contribution in [0.2, 0.25) is 0 Å². The number of ether oxygens (including phenoxy) is 1. The molecule has 2 rings (SSSR count). The Morgan fingerprint density at radius 1 is 1.43 bits per heavy atom. The molecule has 0 amide bonds. The molecule has 3 heteroatoms. The van der Waals surface area contributed by atoms with Gasteiger partial charge in [0.05, 0.1) is 17.8 Å². The minimum Gasteiger partial charge on any atom is -0.377 e. The fourth-order valence-corrected chi connectivity index (χ4v) is 1.70. The zero-order valence-electron chi connectivity index (χ0n) is 8.16. The predicted molar refractivity (Wildman–Crippen MR) is 53.8 cm³/mol. The van der Waals surface area contributed by atoms with Crippen molar-refractivity contribution in [3.8, 4) is 0 Å². The van der Waals surface area contributed by atoms with Crippen LogP contribution in [0.5, 0.6) is 0 Å². The summed E-state index contributed by atoms with van der Waals surface area (Å²) in [6.07, 6.45) is 1.10. The van der Waals surface area contributed by atoms with Gasteiger partial charge in [0.2, 0.25) is 0 Å². The third-order valence-electron chi connectivity index (χ3n) is 2.59. The standard InChI is InChI=1S/C11H14FNO/c1-8-10(6-7-14-8)13-11-5-3-2-4-9(11)12/h2-5,8,10,13H,6-7H2,1H3/t8-,10+/m1/s1. The molecular weight excluding hydrogens is 181 g/mol. The second kappa shape index (κ2) is 3.96. The van der Waals surface area contributed by atoms with Crippen LogP contribution >= 0.6 is 0 Å². The Morgan fingerprint density at radius 2 is 2.21 bits per heavy atom. The maximum atomic E-state index is 13.3. The van der Waals surface area contributed by atoms with E-state index in [0.717, 1.165) is 13.0 Å². The third-order valence-corrected chi connectivity index (χ3v) is 2.59. The van der Waals surface area contributed by atoms with Crippen LogP contribution in [0.3, 0.4) is 0 Å². The van der Waals surface area contributed by atoms with Gasteiger partial charge in [-0.15, -0.1) is 0 Å². The van der Waals surface area contributed by atoms with Gasteiger partial charge >= 0.3 is 0 Å². The monoisotopic (exact) mass is 195 g/mol. The molecule has 0 saturated carbocycles. The van der Waals surface area contributed by atoms with Gasteiger partial charge in [-0.1, -0.05) is 12.1 Å². The van der Waals surface area contributed by atoms with E-state index < -0.39 is 0 Å². The normalized spacial score (nSPS) is 26.4. The summed E-state index contributed by atoms with van der Waals surface area (Å²) in [6.45, 7) is 2.76. The van der Waals surface area contributed by atoms with Gasteiger partial charge in [-0.25, -0.2) is 4.39 Å². The molecule has 1 aliphatic rings. The summed E-state index contributed by atoms with van der Waals surface area (Å²) >= 11 is 0. The largest absolute Gasteiger partial charge is 0.377 e. The van der Waals surface area contributed by atoms with E-state index in [9.17, 15) is 4.39 Å². The molecule has 76 valence electrons. The number of anilines is 1. The molecule has 0 aromatic heterocycles. The number of nitrogens with one attached hydrogen (secondary N) is 1. The molecule has 1 saturated heterocycles. The average molecular weight is 195 g/mol. The van der Waals surface area contributed by atoms with Crippen molar-refractivity contribution in [2.45, 2.75) is 25.5 Å². The topological polar surface area (TPSA) is 21.3 Å². The number of hydrogen-bond donors (Lipinski definition) is 1. The molecule has 1 aliphatic heterocycles. The van der Waals surface area contributed by atoms with Crippen LogP contribution in [0.15, 0.2) is 24.3 Å². The van der Waals surface area contributed by atoms with Crippen LogP contribution in [0.25, 0.3) is 0 Å². The van der Waals surface area contributed by atoms with E-state index in [1.807, 2.05) is 13.0 Å². The van der Waals surface area contributed by atoms with Crippen LogP contribution in [-0.4, -0.2) is 18.8 Å². The maximum Gasteiger partial charge on any atom is 0.146 e. The fraction of sp³-hybridized carbons (Fsp3) is 0.455. The molecule has 14 heavy (non-hydrogen) atoms. The van der Waals surface area contributed by atoms with E-state index in [2.05, 4.69) is 5.32 Å². The van der Waals surface area contributed by atoms with Crippen molar-refractivity contribution >= 4 is 5.69 Å². The molecule has 0 aliphatic carbocycles. The third kappa shape index (κ3) is 1.87. The summed E-state index contributed by atoms with van der Waals surface area (Å²) < 4.78 is 18.7. The van der Waals surface area contributed by atoms with Gasteiger partial charge in [0.1, 0.15) is 5.82 Å². The zero-order valence-corrected chi connectivity index (χ0v) is 8.16. The highest BCUT2D eigenvalue weighted by Gasteiger charge is 2.24.